The van der Waals surface area contributed by atoms with Crippen molar-refractivity contribution in [3.63, 3.8) is 0 Å². The van der Waals surface area contributed by atoms with E-state index < -0.39 is 0 Å². The van der Waals surface area contributed by atoms with Crippen molar-refractivity contribution in [3.8, 4) is 0 Å². The van der Waals surface area contributed by atoms with Crippen LogP contribution in [0.2, 0.25) is 5.02 Å². The Kier molecular flexibility index (Phi) is 4.49. The molecule has 2 atom stereocenters. The highest BCUT2D eigenvalue weighted by molar-refractivity contribution is 6.30. The summed E-state index contributed by atoms with van der Waals surface area (Å²) in [5.74, 6) is -0.311. The number of hydrogen-bond donors (Lipinski definition) is 2. The van der Waals surface area contributed by atoms with E-state index in [1.54, 1.807) is 6.07 Å². The van der Waals surface area contributed by atoms with Gasteiger partial charge in [-0.15, -0.1) is 0 Å². The zero-order valence-corrected chi connectivity index (χ0v) is 12.3. The first-order chi connectivity index (χ1) is 8.89. The maximum absolute atomic E-state index is 13.4. The average molecular weight is 285 g/mol. The summed E-state index contributed by atoms with van der Waals surface area (Å²) in [5, 5.41) is 3.96. The molecule has 106 valence electrons. The van der Waals surface area contributed by atoms with Crippen LogP contribution in [0.3, 0.4) is 0 Å². The normalized spacial score (nSPS) is 23.5. The fraction of sp³-hybridized carbons (Fsp3) is 0.600. The molecule has 19 heavy (non-hydrogen) atoms. The second-order valence-electron chi connectivity index (χ2n) is 6.26. The zero-order valence-electron chi connectivity index (χ0n) is 11.5. The smallest absolute Gasteiger partial charge is 0.125 e. The predicted molar refractivity (Wildman–Crippen MR) is 77.8 cm³/mol. The Morgan fingerprint density at radius 3 is 2.74 bits per heavy atom. The summed E-state index contributed by atoms with van der Waals surface area (Å²) in [5.41, 5.74) is 7.04. The van der Waals surface area contributed by atoms with Gasteiger partial charge in [0.2, 0.25) is 0 Å². The van der Waals surface area contributed by atoms with E-state index in [0.717, 1.165) is 18.4 Å². The third-order valence-electron chi connectivity index (χ3n) is 3.93. The fourth-order valence-corrected chi connectivity index (χ4v) is 3.17. The van der Waals surface area contributed by atoms with Gasteiger partial charge in [-0.25, -0.2) is 4.39 Å². The molecule has 0 aliphatic heterocycles. The Hall–Kier alpha value is -0.640. The van der Waals surface area contributed by atoms with Crippen molar-refractivity contribution in [2.75, 3.05) is 6.54 Å². The van der Waals surface area contributed by atoms with E-state index in [-0.39, 0.29) is 11.9 Å². The number of nitrogens with one attached hydrogen (secondary N) is 1. The molecule has 2 nitrogen and oxygen atoms in total. The number of halogens is 2. The van der Waals surface area contributed by atoms with Gasteiger partial charge >= 0.3 is 0 Å². The molecule has 1 aliphatic rings. The second-order valence-corrected chi connectivity index (χ2v) is 6.70. The lowest BCUT2D eigenvalue weighted by molar-refractivity contribution is 0.353. The van der Waals surface area contributed by atoms with E-state index >= 15 is 0 Å². The highest BCUT2D eigenvalue weighted by Crippen LogP contribution is 2.37. The van der Waals surface area contributed by atoms with Crippen molar-refractivity contribution in [2.24, 2.45) is 11.1 Å². The molecule has 0 bridgehead atoms. The lowest BCUT2D eigenvalue weighted by Gasteiger charge is -2.24. The Labute approximate surface area is 119 Å². The minimum Gasteiger partial charge on any atom is -0.329 e. The molecule has 2 unspecified atom stereocenters. The second kappa shape index (κ2) is 5.78. The number of rotatable bonds is 4. The van der Waals surface area contributed by atoms with Crippen molar-refractivity contribution in [3.05, 3.63) is 34.6 Å². The van der Waals surface area contributed by atoms with Crippen LogP contribution in [0.5, 0.6) is 0 Å². The van der Waals surface area contributed by atoms with Crippen LogP contribution >= 0.6 is 11.6 Å². The first-order valence-corrected chi connectivity index (χ1v) is 7.19. The molecule has 1 fully saturated rings. The van der Waals surface area contributed by atoms with Crippen LogP contribution in [-0.2, 0) is 0 Å². The molecule has 1 aliphatic carbocycles. The zero-order chi connectivity index (χ0) is 14.0. The third kappa shape index (κ3) is 3.91. The molecule has 0 radical (unpaired) electrons. The van der Waals surface area contributed by atoms with Gasteiger partial charge in [0.25, 0.3) is 0 Å². The SMILES string of the molecule is CC1(C)CCC(NC(CN)c2cc(F)cc(Cl)c2)C1. The Morgan fingerprint density at radius 1 is 1.47 bits per heavy atom. The lowest BCUT2D eigenvalue weighted by atomic mass is 9.91. The van der Waals surface area contributed by atoms with E-state index in [1.165, 1.54) is 18.6 Å². The monoisotopic (exact) mass is 284 g/mol. The maximum atomic E-state index is 13.4. The summed E-state index contributed by atoms with van der Waals surface area (Å²) in [6, 6.07) is 5.03. The van der Waals surface area contributed by atoms with E-state index in [9.17, 15) is 4.39 Å². The van der Waals surface area contributed by atoms with E-state index in [0.29, 0.717) is 23.0 Å². The van der Waals surface area contributed by atoms with Gasteiger partial charge < -0.3 is 11.1 Å². The van der Waals surface area contributed by atoms with E-state index in [1.807, 2.05) is 0 Å². The van der Waals surface area contributed by atoms with Crippen LogP contribution in [0.15, 0.2) is 18.2 Å². The van der Waals surface area contributed by atoms with Gasteiger partial charge in [0.15, 0.2) is 0 Å². The van der Waals surface area contributed by atoms with Gasteiger partial charge in [0, 0.05) is 23.7 Å². The van der Waals surface area contributed by atoms with Crippen molar-refractivity contribution >= 4 is 11.6 Å². The number of benzene rings is 1. The molecular formula is C15H22ClFN2. The molecular weight excluding hydrogens is 263 g/mol. The summed E-state index contributed by atoms with van der Waals surface area (Å²) < 4.78 is 13.4. The number of nitrogens with two attached hydrogens (primary N) is 1. The first kappa shape index (κ1) is 14.8. The summed E-state index contributed by atoms with van der Waals surface area (Å²) in [6.45, 7) is 5.01. The largest absolute Gasteiger partial charge is 0.329 e. The highest BCUT2D eigenvalue weighted by Gasteiger charge is 2.31. The van der Waals surface area contributed by atoms with Crippen LogP contribution in [0.4, 0.5) is 4.39 Å². The number of hydrogen-bond acceptors (Lipinski definition) is 2. The average Bonchev–Trinajstić information content (AvgIpc) is 2.64. The van der Waals surface area contributed by atoms with Gasteiger partial charge in [-0.1, -0.05) is 25.4 Å². The van der Waals surface area contributed by atoms with Crippen LogP contribution in [0.1, 0.15) is 44.7 Å². The van der Waals surface area contributed by atoms with Crippen molar-refractivity contribution < 1.29 is 4.39 Å². The van der Waals surface area contributed by atoms with E-state index in [2.05, 4.69) is 19.2 Å². The standard InChI is InChI=1S/C15H22ClFN2/c1-15(2)4-3-13(8-15)19-14(9-18)10-5-11(16)7-12(17)6-10/h5-7,13-14,19H,3-4,8-9,18H2,1-2H3. The molecule has 0 saturated heterocycles. The summed E-state index contributed by atoms with van der Waals surface area (Å²) >= 11 is 5.90. The molecule has 0 heterocycles. The van der Waals surface area contributed by atoms with Gasteiger partial charge in [-0.05, 0) is 48.4 Å². The molecule has 0 amide bonds. The molecule has 1 aromatic carbocycles. The lowest BCUT2D eigenvalue weighted by Crippen LogP contribution is -2.35. The van der Waals surface area contributed by atoms with Crippen molar-refractivity contribution in [2.45, 2.75) is 45.2 Å². The summed E-state index contributed by atoms with van der Waals surface area (Å²) in [7, 11) is 0. The maximum Gasteiger partial charge on any atom is 0.125 e. The Morgan fingerprint density at radius 2 is 2.21 bits per heavy atom. The van der Waals surface area contributed by atoms with Gasteiger partial charge in [0.1, 0.15) is 5.82 Å². The molecule has 1 aromatic rings. The highest BCUT2D eigenvalue weighted by atomic mass is 35.5. The molecule has 4 heteroatoms. The van der Waals surface area contributed by atoms with Crippen LogP contribution in [-0.4, -0.2) is 12.6 Å². The van der Waals surface area contributed by atoms with Gasteiger partial charge in [-0.3, -0.25) is 0 Å². The summed E-state index contributed by atoms with van der Waals surface area (Å²) in [4.78, 5) is 0. The quantitative estimate of drug-likeness (QED) is 0.886. The van der Waals surface area contributed by atoms with E-state index in [4.69, 9.17) is 17.3 Å². The van der Waals surface area contributed by atoms with Crippen LogP contribution < -0.4 is 11.1 Å². The minimum atomic E-state index is -0.311. The minimum absolute atomic E-state index is 0.0351. The predicted octanol–water partition coefficient (Wildman–Crippen LogP) is 3.65. The summed E-state index contributed by atoms with van der Waals surface area (Å²) in [6.07, 6.45) is 3.49. The van der Waals surface area contributed by atoms with Crippen molar-refractivity contribution in [1.82, 2.24) is 5.32 Å². The Bertz CT molecular complexity index is 428. The Balaban J connectivity index is 2.08. The topological polar surface area (TPSA) is 38.0 Å². The van der Waals surface area contributed by atoms with Crippen LogP contribution in [0.25, 0.3) is 0 Å². The van der Waals surface area contributed by atoms with Gasteiger partial charge in [-0.2, -0.15) is 0 Å². The van der Waals surface area contributed by atoms with Crippen LogP contribution in [0, 0.1) is 11.2 Å². The molecule has 0 aromatic heterocycles. The molecule has 0 spiro atoms. The molecule has 3 N–H and O–H groups in total. The first-order valence-electron chi connectivity index (χ1n) is 6.82. The van der Waals surface area contributed by atoms with Gasteiger partial charge in [0.05, 0.1) is 0 Å². The molecule has 2 rings (SSSR count). The molecule has 1 saturated carbocycles. The fourth-order valence-electron chi connectivity index (χ4n) is 2.94. The van der Waals surface area contributed by atoms with Crippen molar-refractivity contribution in [1.29, 1.82) is 0 Å². The third-order valence-corrected chi connectivity index (χ3v) is 4.15.